The van der Waals surface area contributed by atoms with Crippen molar-refractivity contribution in [1.82, 2.24) is 10.9 Å². The van der Waals surface area contributed by atoms with Gasteiger partial charge in [-0.1, -0.05) is 18.2 Å². The number of hydrogen-bond donors (Lipinski definition) is 2. The van der Waals surface area contributed by atoms with E-state index >= 15 is 0 Å². The molecule has 0 fully saturated rings. The van der Waals surface area contributed by atoms with Crippen LogP contribution in [0.3, 0.4) is 0 Å². The molecule has 114 valence electrons. The van der Waals surface area contributed by atoms with Gasteiger partial charge >= 0.3 is 0 Å². The summed E-state index contributed by atoms with van der Waals surface area (Å²) in [6, 6.07) is 13.8. The molecule has 1 unspecified atom stereocenters. The van der Waals surface area contributed by atoms with Crippen molar-refractivity contribution < 1.29 is 18.7 Å². The number of hydrazine groups is 1. The Labute approximate surface area is 127 Å². The molecule has 5 nitrogen and oxygen atoms in total. The quantitative estimate of drug-likeness (QED) is 0.850. The third-order valence-corrected chi connectivity index (χ3v) is 2.83. The molecule has 2 amide bonds. The number of carbonyl (C=O) groups is 2. The summed E-state index contributed by atoms with van der Waals surface area (Å²) < 4.78 is 18.1. The molecule has 2 N–H and O–H groups in total. The number of nitrogens with one attached hydrogen (secondary N) is 2. The molecule has 2 rings (SSSR count). The van der Waals surface area contributed by atoms with Gasteiger partial charge in [-0.2, -0.15) is 0 Å². The second-order valence-corrected chi connectivity index (χ2v) is 4.52. The lowest BCUT2D eigenvalue weighted by Gasteiger charge is -2.15. The molecule has 0 saturated heterocycles. The largest absolute Gasteiger partial charge is 0.481 e. The molecule has 0 aliphatic carbocycles. The third kappa shape index (κ3) is 4.31. The summed E-state index contributed by atoms with van der Waals surface area (Å²) >= 11 is 0. The third-order valence-electron chi connectivity index (χ3n) is 2.83. The molecule has 0 aliphatic heterocycles. The molecule has 1 atom stereocenters. The highest BCUT2D eigenvalue weighted by atomic mass is 19.1. The number of hydrogen-bond acceptors (Lipinski definition) is 3. The zero-order valence-electron chi connectivity index (χ0n) is 11.9. The molecular weight excluding hydrogens is 287 g/mol. The first kappa shape index (κ1) is 15.5. The zero-order chi connectivity index (χ0) is 15.9. The van der Waals surface area contributed by atoms with Crippen LogP contribution in [0.15, 0.2) is 54.6 Å². The standard InChI is InChI=1S/C16H15FN2O3/c1-11(22-14-9-7-13(17)8-10-14)15(20)18-19-16(21)12-5-3-2-4-6-12/h2-11H,1H3,(H,18,20)(H,19,21). The number of carbonyl (C=O) groups excluding carboxylic acids is 2. The Balaban J connectivity index is 1.84. The van der Waals surface area contributed by atoms with Gasteiger partial charge in [-0.05, 0) is 43.3 Å². The van der Waals surface area contributed by atoms with Crippen molar-refractivity contribution in [2.75, 3.05) is 0 Å². The van der Waals surface area contributed by atoms with Crippen LogP contribution in [0.25, 0.3) is 0 Å². The maximum Gasteiger partial charge on any atom is 0.279 e. The van der Waals surface area contributed by atoms with Crippen LogP contribution in [0, 0.1) is 5.82 Å². The molecule has 2 aromatic carbocycles. The van der Waals surface area contributed by atoms with E-state index in [4.69, 9.17) is 4.74 Å². The summed E-state index contributed by atoms with van der Waals surface area (Å²) in [5, 5.41) is 0. The predicted molar refractivity (Wildman–Crippen MR) is 78.5 cm³/mol. The second kappa shape index (κ2) is 7.21. The lowest BCUT2D eigenvalue weighted by atomic mass is 10.2. The fraction of sp³-hybridized carbons (Fsp3) is 0.125. The van der Waals surface area contributed by atoms with Gasteiger partial charge in [0.15, 0.2) is 6.10 Å². The van der Waals surface area contributed by atoms with E-state index in [1.54, 1.807) is 30.3 Å². The van der Waals surface area contributed by atoms with Gasteiger partial charge in [0, 0.05) is 5.56 Å². The van der Waals surface area contributed by atoms with Crippen molar-refractivity contribution in [1.29, 1.82) is 0 Å². The molecular formula is C16H15FN2O3. The Kier molecular flexibility index (Phi) is 5.08. The van der Waals surface area contributed by atoms with E-state index in [2.05, 4.69) is 10.9 Å². The first-order chi connectivity index (χ1) is 10.6. The molecule has 0 saturated carbocycles. The monoisotopic (exact) mass is 302 g/mol. The molecule has 22 heavy (non-hydrogen) atoms. The molecule has 0 heterocycles. The summed E-state index contributed by atoms with van der Waals surface area (Å²) in [5.74, 6) is -0.977. The summed E-state index contributed by atoms with van der Waals surface area (Å²) in [7, 11) is 0. The normalized spacial score (nSPS) is 11.4. The highest BCUT2D eigenvalue weighted by Gasteiger charge is 2.15. The molecule has 0 aliphatic rings. The van der Waals surface area contributed by atoms with E-state index in [0.717, 1.165) is 0 Å². The minimum Gasteiger partial charge on any atom is -0.481 e. The van der Waals surface area contributed by atoms with Crippen molar-refractivity contribution in [2.45, 2.75) is 13.0 Å². The highest BCUT2D eigenvalue weighted by Crippen LogP contribution is 2.12. The minimum absolute atomic E-state index is 0.360. The molecule has 0 bridgehead atoms. The molecule has 6 heteroatoms. The van der Waals surface area contributed by atoms with E-state index in [1.165, 1.54) is 31.2 Å². The molecule has 0 radical (unpaired) electrons. The van der Waals surface area contributed by atoms with E-state index in [9.17, 15) is 14.0 Å². The first-order valence-electron chi connectivity index (χ1n) is 6.64. The van der Waals surface area contributed by atoms with Crippen LogP contribution in [0.5, 0.6) is 5.75 Å². The number of ether oxygens (including phenoxy) is 1. The van der Waals surface area contributed by atoms with E-state index in [-0.39, 0.29) is 5.82 Å². The van der Waals surface area contributed by atoms with E-state index < -0.39 is 17.9 Å². The predicted octanol–water partition coefficient (Wildman–Crippen LogP) is 2.05. The fourth-order valence-corrected chi connectivity index (χ4v) is 1.65. The van der Waals surface area contributed by atoms with Crippen LogP contribution in [-0.2, 0) is 4.79 Å². The molecule has 2 aromatic rings. The minimum atomic E-state index is -0.846. The molecule has 0 aromatic heterocycles. The average molecular weight is 302 g/mol. The lowest BCUT2D eigenvalue weighted by Crippen LogP contribution is -2.47. The van der Waals surface area contributed by atoms with Gasteiger partial charge in [0.1, 0.15) is 11.6 Å². The number of benzene rings is 2. The van der Waals surface area contributed by atoms with Gasteiger partial charge in [-0.15, -0.1) is 0 Å². The Morgan fingerprint density at radius 1 is 1.00 bits per heavy atom. The van der Waals surface area contributed by atoms with Crippen molar-refractivity contribution in [3.8, 4) is 5.75 Å². The van der Waals surface area contributed by atoms with Crippen LogP contribution >= 0.6 is 0 Å². The molecule has 0 spiro atoms. The van der Waals surface area contributed by atoms with Crippen LogP contribution < -0.4 is 15.6 Å². The summed E-state index contributed by atoms with van der Waals surface area (Å²) in [4.78, 5) is 23.6. The number of rotatable bonds is 4. The SMILES string of the molecule is CC(Oc1ccc(F)cc1)C(=O)NNC(=O)c1ccccc1. The highest BCUT2D eigenvalue weighted by molar-refractivity contribution is 5.95. The van der Waals surface area contributed by atoms with Crippen LogP contribution in [0.4, 0.5) is 4.39 Å². The van der Waals surface area contributed by atoms with E-state index in [0.29, 0.717) is 11.3 Å². The average Bonchev–Trinajstić information content (AvgIpc) is 2.55. The summed E-state index contributed by atoms with van der Waals surface area (Å²) in [5.41, 5.74) is 5.00. The smallest absolute Gasteiger partial charge is 0.279 e. The van der Waals surface area contributed by atoms with Crippen LogP contribution in [0.1, 0.15) is 17.3 Å². The maximum atomic E-state index is 12.8. The van der Waals surface area contributed by atoms with Crippen LogP contribution in [-0.4, -0.2) is 17.9 Å². The maximum absolute atomic E-state index is 12.8. The zero-order valence-corrected chi connectivity index (χ0v) is 11.9. The van der Waals surface area contributed by atoms with E-state index in [1.807, 2.05) is 0 Å². The Hall–Kier alpha value is -2.89. The van der Waals surface area contributed by atoms with Gasteiger partial charge in [0.25, 0.3) is 11.8 Å². The van der Waals surface area contributed by atoms with Crippen molar-refractivity contribution in [3.63, 3.8) is 0 Å². The van der Waals surface area contributed by atoms with Gasteiger partial charge in [-0.25, -0.2) is 4.39 Å². The van der Waals surface area contributed by atoms with Crippen molar-refractivity contribution >= 4 is 11.8 Å². The van der Waals surface area contributed by atoms with Crippen molar-refractivity contribution in [3.05, 3.63) is 66.0 Å². The lowest BCUT2D eigenvalue weighted by molar-refractivity contribution is -0.128. The Morgan fingerprint density at radius 2 is 1.64 bits per heavy atom. The fourth-order valence-electron chi connectivity index (χ4n) is 1.65. The summed E-state index contributed by atoms with van der Waals surface area (Å²) in [6.45, 7) is 1.52. The van der Waals surface area contributed by atoms with Gasteiger partial charge in [-0.3, -0.25) is 20.4 Å². The topological polar surface area (TPSA) is 67.4 Å². The Bertz CT molecular complexity index is 644. The van der Waals surface area contributed by atoms with Gasteiger partial charge < -0.3 is 4.74 Å². The number of halogens is 1. The first-order valence-corrected chi connectivity index (χ1v) is 6.64. The number of amides is 2. The van der Waals surface area contributed by atoms with Gasteiger partial charge in [0.2, 0.25) is 0 Å². The summed E-state index contributed by atoms with van der Waals surface area (Å²) in [6.07, 6.45) is -0.846. The second-order valence-electron chi connectivity index (χ2n) is 4.52. The van der Waals surface area contributed by atoms with Crippen molar-refractivity contribution in [2.24, 2.45) is 0 Å². The van der Waals surface area contributed by atoms with Gasteiger partial charge in [0.05, 0.1) is 0 Å². The Morgan fingerprint density at radius 3 is 2.27 bits per heavy atom. The van der Waals surface area contributed by atoms with Crippen LogP contribution in [0.2, 0.25) is 0 Å².